The highest BCUT2D eigenvalue weighted by atomic mass is 31.1. The molecule has 1 unspecified atom stereocenters. The number of aromatic nitrogens is 2. The zero-order valence-corrected chi connectivity index (χ0v) is 10.9. The van der Waals surface area contributed by atoms with E-state index >= 15 is 0 Å². The number of aromatic amines is 1. The monoisotopic (exact) mass is 287 g/mol. The van der Waals surface area contributed by atoms with Crippen LogP contribution in [0.25, 0.3) is 0 Å². The number of rotatable bonds is 4. The predicted molar refractivity (Wildman–Crippen MR) is 64.9 cm³/mol. The van der Waals surface area contributed by atoms with Crippen LogP contribution in [-0.4, -0.2) is 27.2 Å². The second kappa shape index (κ2) is 5.58. The van der Waals surface area contributed by atoms with Gasteiger partial charge in [0.1, 0.15) is 12.7 Å². The molecule has 0 radical (unpaired) electrons. The van der Waals surface area contributed by atoms with E-state index < -0.39 is 31.8 Å². The van der Waals surface area contributed by atoms with Crippen molar-refractivity contribution in [2.24, 2.45) is 0 Å². The molecule has 0 saturated carbocycles. The van der Waals surface area contributed by atoms with Crippen LogP contribution in [0.1, 0.15) is 11.8 Å². The van der Waals surface area contributed by atoms with E-state index in [1.54, 1.807) is 19.1 Å². The molecule has 0 saturated heterocycles. The quantitative estimate of drug-likeness (QED) is 0.594. The molecular weight excluding hydrogens is 275 g/mol. The smallest absolute Gasteiger partial charge is 0.344 e. The summed E-state index contributed by atoms with van der Waals surface area (Å²) >= 11 is 0. The lowest BCUT2D eigenvalue weighted by Gasteiger charge is -2.14. The van der Waals surface area contributed by atoms with E-state index in [1.807, 2.05) is 0 Å². The fourth-order valence-corrected chi connectivity index (χ4v) is 1.93. The van der Waals surface area contributed by atoms with Crippen molar-refractivity contribution in [2.75, 3.05) is 6.61 Å². The highest BCUT2D eigenvalue weighted by Crippen LogP contribution is 2.23. The van der Waals surface area contributed by atoms with Gasteiger partial charge in [-0.2, -0.15) is 0 Å². The van der Waals surface area contributed by atoms with Crippen LogP contribution >= 0.6 is 8.25 Å². The molecule has 0 fully saturated rings. The fraction of sp³-hybridized carbons (Fsp3) is 0.400. The van der Waals surface area contributed by atoms with Crippen molar-refractivity contribution in [3.8, 4) is 0 Å². The van der Waals surface area contributed by atoms with Gasteiger partial charge in [-0.3, -0.25) is 14.3 Å². The first-order chi connectivity index (χ1) is 8.97. The van der Waals surface area contributed by atoms with Crippen LogP contribution in [-0.2, 0) is 13.8 Å². The molecule has 1 aromatic heterocycles. The summed E-state index contributed by atoms with van der Waals surface area (Å²) in [4.78, 5) is 33.6. The van der Waals surface area contributed by atoms with E-state index in [2.05, 4.69) is 9.51 Å². The van der Waals surface area contributed by atoms with Gasteiger partial charge < -0.3 is 4.74 Å². The molecule has 9 heteroatoms. The van der Waals surface area contributed by atoms with Crippen LogP contribution in [0, 0.1) is 6.92 Å². The standard InChI is InChI=1S/C10H11N2O6P/c1-6-4-12(10(14)11-9(6)13)8-3-2-7(18-8)5-17-19(15)16/h2-4,7-8H,5H2,1H3,(H-,11,13,14,15,16)/p+1/t7-,8+/m0/s1. The zero-order valence-electron chi connectivity index (χ0n) is 9.98. The Morgan fingerprint density at radius 1 is 1.53 bits per heavy atom. The number of hydrogen-bond acceptors (Lipinski definition) is 5. The summed E-state index contributed by atoms with van der Waals surface area (Å²) in [5.41, 5.74) is -0.643. The Kier molecular flexibility index (Phi) is 4.06. The van der Waals surface area contributed by atoms with Crippen LogP contribution in [0.2, 0.25) is 0 Å². The van der Waals surface area contributed by atoms with Crippen LogP contribution in [0.4, 0.5) is 0 Å². The van der Waals surface area contributed by atoms with Crippen molar-refractivity contribution in [1.82, 2.24) is 9.55 Å². The van der Waals surface area contributed by atoms with Crippen LogP contribution in [0.15, 0.2) is 27.9 Å². The van der Waals surface area contributed by atoms with Gasteiger partial charge in [0, 0.05) is 16.3 Å². The summed E-state index contributed by atoms with van der Waals surface area (Å²) in [6.07, 6.45) is 3.43. The molecule has 19 heavy (non-hydrogen) atoms. The van der Waals surface area contributed by atoms with E-state index in [0.29, 0.717) is 5.56 Å². The van der Waals surface area contributed by atoms with E-state index in [9.17, 15) is 14.2 Å². The minimum Gasteiger partial charge on any atom is -0.344 e. The van der Waals surface area contributed by atoms with Gasteiger partial charge >= 0.3 is 13.9 Å². The van der Waals surface area contributed by atoms with Gasteiger partial charge in [-0.15, -0.1) is 9.42 Å². The van der Waals surface area contributed by atoms with Gasteiger partial charge in [-0.1, -0.05) is 6.08 Å². The molecule has 8 nitrogen and oxygen atoms in total. The van der Waals surface area contributed by atoms with Gasteiger partial charge in [-0.25, -0.2) is 4.79 Å². The number of nitrogens with zero attached hydrogens (tertiary/aromatic N) is 1. The molecule has 0 amide bonds. The van der Waals surface area contributed by atoms with E-state index in [0.717, 1.165) is 0 Å². The second-order valence-corrected chi connectivity index (χ2v) is 4.70. The van der Waals surface area contributed by atoms with Gasteiger partial charge in [-0.05, 0) is 13.0 Å². The van der Waals surface area contributed by atoms with Gasteiger partial charge in [0.05, 0.1) is 0 Å². The summed E-state index contributed by atoms with van der Waals surface area (Å²) in [7, 11) is -2.68. The van der Waals surface area contributed by atoms with Crippen LogP contribution < -0.4 is 11.2 Å². The first-order valence-electron chi connectivity index (χ1n) is 5.42. The van der Waals surface area contributed by atoms with Crippen molar-refractivity contribution in [3.63, 3.8) is 0 Å². The van der Waals surface area contributed by atoms with Crippen LogP contribution in [0.3, 0.4) is 0 Å². The highest BCUT2D eigenvalue weighted by molar-refractivity contribution is 7.32. The third-order valence-electron chi connectivity index (χ3n) is 2.57. The molecule has 102 valence electrons. The van der Waals surface area contributed by atoms with Gasteiger partial charge in [0.2, 0.25) is 0 Å². The summed E-state index contributed by atoms with van der Waals surface area (Å²) in [5.74, 6) is 0. The van der Waals surface area contributed by atoms with Gasteiger partial charge in [0.15, 0.2) is 6.23 Å². The second-order valence-electron chi connectivity index (χ2n) is 3.96. The molecule has 0 aromatic carbocycles. The molecule has 2 heterocycles. The molecule has 0 bridgehead atoms. The topological polar surface area (TPSA) is 111 Å². The number of ether oxygens (including phenoxy) is 1. The van der Waals surface area contributed by atoms with Crippen molar-refractivity contribution in [1.29, 1.82) is 0 Å². The summed E-state index contributed by atoms with van der Waals surface area (Å²) in [6.45, 7) is 1.49. The Labute approximate surface area is 108 Å². The van der Waals surface area contributed by atoms with Crippen molar-refractivity contribution in [2.45, 2.75) is 19.3 Å². The number of hydrogen-bond donors (Lipinski definition) is 2. The van der Waals surface area contributed by atoms with E-state index in [1.165, 1.54) is 10.8 Å². The molecule has 3 atom stereocenters. The summed E-state index contributed by atoms with van der Waals surface area (Å²) < 4.78 is 21.6. The molecule has 1 aliphatic heterocycles. The van der Waals surface area contributed by atoms with Crippen LogP contribution in [0.5, 0.6) is 0 Å². The van der Waals surface area contributed by atoms with E-state index in [4.69, 9.17) is 9.63 Å². The van der Waals surface area contributed by atoms with Crippen molar-refractivity contribution >= 4 is 8.25 Å². The molecule has 2 rings (SSSR count). The fourth-order valence-electron chi connectivity index (χ4n) is 1.65. The first-order valence-corrected chi connectivity index (χ1v) is 6.55. The van der Waals surface area contributed by atoms with Gasteiger partial charge in [0.25, 0.3) is 5.56 Å². The summed E-state index contributed by atoms with van der Waals surface area (Å²) in [5, 5.41) is 0. The normalized spacial score (nSPS) is 22.7. The number of nitrogens with one attached hydrogen (secondary N) is 1. The average molecular weight is 287 g/mol. The summed E-state index contributed by atoms with van der Waals surface area (Å²) in [6, 6.07) is 0. The highest BCUT2D eigenvalue weighted by Gasteiger charge is 2.25. The number of H-pyrrole nitrogens is 1. The lowest BCUT2D eigenvalue weighted by molar-refractivity contribution is -0.00589. The zero-order chi connectivity index (χ0) is 14.0. The molecular formula is C10H12N2O6P+. The minimum absolute atomic E-state index is 0.0875. The SMILES string of the molecule is Cc1cn([C@H]2C=C[C@@H](CO[P+](=O)O)O2)c(=O)[nH]c1=O. The van der Waals surface area contributed by atoms with E-state index in [-0.39, 0.29) is 6.61 Å². The lowest BCUT2D eigenvalue weighted by atomic mass is 10.3. The third-order valence-corrected chi connectivity index (χ3v) is 2.94. The largest absolute Gasteiger partial charge is 0.694 e. The molecule has 1 aliphatic rings. The maximum Gasteiger partial charge on any atom is 0.694 e. The number of aryl methyl sites for hydroxylation is 1. The molecule has 0 spiro atoms. The lowest BCUT2D eigenvalue weighted by Crippen LogP contribution is -2.33. The molecule has 0 aliphatic carbocycles. The Bertz CT molecular complexity index is 634. The maximum absolute atomic E-state index is 11.6. The Morgan fingerprint density at radius 2 is 2.26 bits per heavy atom. The molecule has 2 N–H and O–H groups in total. The Morgan fingerprint density at radius 3 is 2.95 bits per heavy atom. The van der Waals surface area contributed by atoms with Crippen molar-refractivity contribution in [3.05, 3.63) is 44.8 Å². The minimum atomic E-state index is -2.68. The molecule has 1 aromatic rings. The Hall–Kier alpha value is -1.60. The van der Waals surface area contributed by atoms with Crippen molar-refractivity contribution < 1.29 is 18.7 Å². The average Bonchev–Trinajstić information content (AvgIpc) is 2.80. The maximum atomic E-state index is 11.6. The first kappa shape index (κ1) is 13.8. The Balaban J connectivity index is 2.12. The third kappa shape index (κ3) is 3.24. The predicted octanol–water partition coefficient (Wildman–Crippen LogP) is -0.0351.